The summed E-state index contributed by atoms with van der Waals surface area (Å²) in [4.78, 5) is 0. The van der Waals surface area contributed by atoms with E-state index in [9.17, 15) is 14.4 Å². The average Bonchev–Trinajstić information content (AvgIpc) is 3.19. The molecule has 6 nitrogen and oxygen atoms in total. The smallest absolute Gasteiger partial charge is 0.491 e. The van der Waals surface area contributed by atoms with E-state index >= 15 is 0 Å². The second kappa shape index (κ2) is 8.87. The standard InChI is InChI=1S/C8H9BO3.C7H7BO3.CH3F/c1-11-7-3-2-6-5-12-9(10)8(6)4-7;9-6-2-1-5-4-11-8(10)7(5)3-6;1-2/h2-4,10H,5H2,1H3;1-3,9-10H,4H2;1H3/i;;1D. The van der Waals surface area contributed by atoms with Gasteiger partial charge in [-0.1, -0.05) is 12.1 Å². The van der Waals surface area contributed by atoms with E-state index in [0.29, 0.717) is 18.7 Å². The molecule has 2 aliphatic rings. The second-order valence-electron chi connectivity index (χ2n) is 5.27. The molecule has 0 amide bonds. The van der Waals surface area contributed by atoms with Gasteiger partial charge in [-0.05, 0) is 46.3 Å². The molecule has 4 rings (SSSR count). The van der Waals surface area contributed by atoms with Crippen LogP contribution in [0.2, 0.25) is 0 Å². The number of benzene rings is 2. The topological polar surface area (TPSA) is 88.4 Å². The molecule has 0 unspecified atom stereocenters. The monoisotopic (exact) mass is 349 g/mol. The van der Waals surface area contributed by atoms with Gasteiger partial charge in [0.05, 0.1) is 28.8 Å². The highest BCUT2D eigenvalue weighted by Crippen LogP contribution is 2.15. The number of rotatable bonds is 1. The average molecular weight is 349 g/mol. The minimum atomic E-state index is -1.00. The number of hydrogen-bond acceptors (Lipinski definition) is 6. The molecule has 0 aromatic heterocycles. The fraction of sp³-hybridized carbons (Fsp3) is 0.250. The molecule has 0 radical (unpaired) electrons. The van der Waals surface area contributed by atoms with Crippen molar-refractivity contribution in [1.29, 1.82) is 0 Å². The van der Waals surface area contributed by atoms with Gasteiger partial charge in [0, 0.05) is 0 Å². The summed E-state index contributed by atoms with van der Waals surface area (Å²) in [6.07, 6.45) is 0. The lowest BCUT2D eigenvalue weighted by Crippen LogP contribution is -2.27. The van der Waals surface area contributed by atoms with E-state index in [0.717, 1.165) is 22.3 Å². The van der Waals surface area contributed by atoms with E-state index in [1.54, 1.807) is 25.3 Å². The van der Waals surface area contributed by atoms with Crippen molar-refractivity contribution in [2.75, 3.05) is 14.3 Å². The van der Waals surface area contributed by atoms with Gasteiger partial charge in [0.25, 0.3) is 0 Å². The molecule has 2 aromatic carbocycles. The third-order valence-corrected chi connectivity index (χ3v) is 3.81. The van der Waals surface area contributed by atoms with Crippen molar-refractivity contribution in [3.05, 3.63) is 47.5 Å². The molecule has 2 aliphatic heterocycles. The van der Waals surface area contributed by atoms with Crippen molar-refractivity contribution in [2.45, 2.75) is 13.2 Å². The lowest BCUT2D eigenvalue weighted by atomic mass is 9.79. The van der Waals surface area contributed by atoms with Crippen LogP contribution < -0.4 is 15.7 Å². The number of hydrogen-bond donors (Lipinski definition) is 3. The van der Waals surface area contributed by atoms with E-state index in [1.807, 2.05) is 12.1 Å². The lowest BCUT2D eigenvalue weighted by Gasteiger charge is -2.01. The third kappa shape index (κ3) is 4.52. The molecular weight excluding hydrogens is 329 g/mol. The van der Waals surface area contributed by atoms with E-state index in [-0.39, 0.29) is 5.75 Å². The Hall–Kier alpha value is -2.06. The number of methoxy groups -OCH3 is 1. The molecule has 0 fully saturated rings. The Morgan fingerprint density at radius 2 is 1.56 bits per heavy atom. The molecule has 0 saturated carbocycles. The fourth-order valence-electron chi connectivity index (χ4n) is 2.52. The van der Waals surface area contributed by atoms with Crippen molar-refractivity contribution in [3.8, 4) is 11.5 Å². The van der Waals surface area contributed by atoms with Crippen molar-refractivity contribution in [2.24, 2.45) is 0 Å². The summed E-state index contributed by atoms with van der Waals surface area (Å²) in [7, 11) is -1.05. The van der Waals surface area contributed by atoms with Crippen LogP contribution in [0, 0.1) is 0 Å². The maximum Gasteiger partial charge on any atom is 0.491 e. The Labute approximate surface area is 147 Å². The van der Waals surface area contributed by atoms with Crippen molar-refractivity contribution >= 4 is 25.2 Å². The van der Waals surface area contributed by atoms with Gasteiger partial charge in [0.1, 0.15) is 11.5 Å². The summed E-state index contributed by atoms with van der Waals surface area (Å²) in [6, 6.07) is 10.4. The number of phenols is 1. The van der Waals surface area contributed by atoms with Crippen molar-refractivity contribution in [3.63, 3.8) is 0 Å². The maximum atomic E-state index is 9.96. The molecule has 2 aromatic rings. The Morgan fingerprint density at radius 3 is 2.12 bits per heavy atom. The van der Waals surface area contributed by atoms with E-state index in [4.69, 9.17) is 20.5 Å². The van der Waals surface area contributed by atoms with Crippen LogP contribution in [0.5, 0.6) is 11.5 Å². The van der Waals surface area contributed by atoms with Gasteiger partial charge in [-0.2, -0.15) is 0 Å². The fourth-order valence-corrected chi connectivity index (χ4v) is 2.52. The second-order valence-corrected chi connectivity index (χ2v) is 5.27. The van der Waals surface area contributed by atoms with Crippen molar-refractivity contribution in [1.82, 2.24) is 0 Å². The van der Waals surface area contributed by atoms with Gasteiger partial charge in [-0.25, -0.2) is 0 Å². The lowest BCUT2D eigenvalue weighted by molar-refractivity contribution is 0.275. The number of aromatic hydroxyl groups is 1. The van der Waals surface area contributed by atoms with Crippen LogP contribution in [-0.2, 0) is 22.5 Å². The number of fused-ring (bicyclic) bond motifs is 2. The number of ether oxygens (including phenoxy) is 1. The molecule has 2 heterocycles. The van der Waals surface area contributed by atoms with Gasteiger partial charge < -0.3 is 29.2 Å². The molecular formula is C16H19B2FO6. The Kier molecular flexibility index (Phi) is 6.30. The van der Waals surface area contributed by atoms with Gasteiger partial charge in [-0.3, -0.25) is 4.39 Å². The number of phenolic OH excluding ortho intramolecular Hbond substituents is 1. The largest absolute Gasteiger partial charge is 0.508 e. The summed E-state index contributed by atoms with van der Waals surface area (Å²) in [5.74, 6) is 0.909. The summed E-state index contributed by atoms with van der Waals surface area (Å²) in [5, 5.41) is 27.5. The number of alkyl halides is 1. The van der Waals surface area contributed by atoms with Gasteiger partial charge in [-0.15, -0.1) is 0 Å². The van der Waals surface area contributed by atoms with E-state index in [1.165, 1.54) is 6.07 Å². The van der Waals surface area contributed by atoms with Crippen LogP contribution in [0.25, 0.3) is 0 Å². The highest BCUT2D eigenvalue weighted by atomic mass is 19.1. The quantitative estimate of drug-likeness (QED) is 0.634. The first kappa shape index (κ1) is 17.8. The first-order valence-corrected chi connectivity index (χ1v) is 7.43. The Balaban J connectivity index is 0.000000163. The maximum absolute atomic E-state index is 9.96. The molecule has 9 heteroatoms. The first-order chi connectivity index (χ1) is 12.5. The molecule has 0 bridgehead atoms. The third-order valence-electron chi connectivity index (χ3n) is 3.81. The predicted octanol–water partition coefficient (Wildman–Crippen LogP) is 0.108. The zero-order valence-electron chi connectivity index (χ0n) is 14.7. The minimum Gasteiger partial charge on any atom is -0.508 e. The zero-order valence-corrected chi connectivity index (χ0v) is 13.7. The molecule has 25 heavy (non-hydrogen) atoms. The zero-order chi connectivity index (χ0) is 19.1. The van der Waals surface area contributed by atoms with Crippen LogP contribution in [0.15, 0.2) is 36.4 Å². The molecule has 132 valence electrons. The van der Waals surface area contributed by atoms with Gasteiger partial charge >= 0.3 is 14.2 Å². The van der Waals surface area contributed by atoms with E-state index < -0.39 is 21.4 Å². The normalized spacial score (nSPS) is 14.5. The van der Waals surface area contributed by atoms with Gasteiger partial charge in [0.2, 0.25) is 0 Å². The van der Waals surface area contributed by atoms with E-state index in [2.05, 4.69) is 0 Å². The first-order valence-electron chi connectivity index (χ1n) is 8.14. The summed E-state index contributed by atoms with van der Waals surface area (Å²) >= 11 is 0. The molecule has 0 atom stereocenters. The van der Waals surface area contributed by atoms with Crippen molar-refractivity contribution < 1.29 is 35.0 Å². The summed E-state index contributed by atoms with van der Waals surface area (Å²) in [6.45, 7) is 0.914. The molecule has 0 saturated heterocycles. The highest BCUT2D eigenvalue weighted by molar-refractivity contribution is 6.62. The van der Waals surface area contributed by atoms with Crippen LogP contribution >= 0.6 is 0 Å². The Morgan fingerprint density at radius 1 is 1.04 bits per heavy atom. The minimum absolute atomic E-state index is 0.160. The van der Waals surface area contributed by atoms with Crippen LogP contribution in [-0.4, -0.2) is 43.7 Å². The molecule has 0 aliphatic carbocycles. The SMILES string of the molecule is COc1ccc2c(c1)B(O)OC2.OB1OCc2ccc(O)cc21.[2H]CF. The highest BCUT2D eigenvalue weighted by Gasteiger charge is 2.27. The van der Waals surface area contributed by atoms with Crippen LogP contribution in [0.3, 0.4) is 0 Å². The molecule has 0 spiro atoms. The van der Waals surface area contributed by atoms with Crippen LogP contribution in [0.4, 0.5) is 4.39 Å². The number of halogens is 1. The summed E-state index contributed by atoms with van der Waals surface area (Å²) < 4.78 is 30.5. The van der Waals surface area contributed by atoms with Crippen LogP contribution in [0.1, 0.15) is 12.5 Å². The summed E-state index contributed by atoms with van der Waals surface area (Å²) in [5.41, 5.74) is 3.46. The molecule has 3 N–H and O–H groups in total. The van der Waals surface area contributed by atoms with Gasteiger partial charge in [0.15, 0.2) is 0 Å². The Bertz CT molecular complexity index is 736. The predicted molar refractivity (Wildman–Crippen MR) is 92.9 cm³/mol.